The Morgan fingerprint density at radius 2 is 2.23 bits per heavy atom. The van der Waals surface area contributed by atoms with Crippen molar-refractivity contribution in [3.05, 3.63) is 0 Å². The molecule has 0 saturated heterocycles. The second-order valence-electron chi connectivity index (χ2n) is 3.13. The van der Waals surface area contributed by atoms with Crippen LogP contribution in [0.25, 0.3) is 0 Å². The van der Waals surface area contributed by atoms with E-state index in [1.807, 2.05) is 6.92 Å². The van der Waals surface area contributed by atoms with Crippen LogP contribution in [0.2, 0.25) is 0 Å². The van der Waals surface area contributed by atoms with Crippen molar-refractivity contribution in [1.82, 2.24) is 5.06 Å². The maximum atomic E-state index is 11.3. The van der Waals surface area contributed by atoms with E-state index in [1.54, 1.807) is 7.05 Å². The van der Waals surface area contributed by atoms with Crippen molar-refractivity contribution in [3.8, 4) is 0 Å². The second kappa shape index (κ2) is 6.60. The zero-order chi connectivity index (χ0) is 10.3. The molecule has 0 aromatic rings. The molecule has 0 unspecified atom stereocenters. The zero-order valence-electron chi connectivity index (χ0n) is 8.45. The fraction of sp³-hybridized carbons (Fsp3) is 0.778. The van der Waals surface area contributed by atoms with E-state index in [4.69, 9.17) is 4.84 Å². The first-order chi connectivity index (χ1) is 6.11. The summed E-state index contributed by atoms with van der Waals surface area (Å²) in [4.78, 5) is 26.1. The maximum absolute atomic E-state index is 11.3. The molecule has 0 bridgehead atoms. The van der Waals surface area contributed by atoms with E-state index in [9.17, 15) is 9.59 Å². The van der Waals surface area contributed by atoms with Gasteiger partial charge in [0.25, 0.3) is 0 Å². The van der Waals surface area contributed by atoms with Crippen LogP contribution in [0.1, 0.15) is 26.2 Å². The molecule has 13 heavy (non-hydrogen) atoms. The highest BCUT2D eigenvalue weighted by molar-refractivity contribution is 5.75. The molecule has 0 rings (SSSR count). The first kappa shape index (κ1) is 12.1. The smallest absolute Gasteiger partial charge is 0.246 e. The Balaban J connectivity index is 3.70. The summed E-state index contributed by atoms with van der Waals surface area (Å²) in [6.45, 7) is 1.95. The van der Waals surface area contributed by atoms with Gasteiger partial charge in [0.1, 0.15) is 6.29 Å². The third kappa shape index (κ3) is 5.36. The molecule has 0 N–H and O–H groups in total. The lowest BCUT2D eigenvalue weighted by atomic mass is 10.0. The van der Waals surface area contributed by atoms with E-state index in [1.165, 1.54) is 12.2 Å². The maximum Gasteiger partial charge on any atom is 0.246 e. The minimum Gasteiger partial charge on any atom is -0.303 e. The third-order valence-electron chi connectivity index (χ3n) is 1.93. The van der Waals surface area contributed by atoms with Crippen molar-refractivity contribution in [2.75, 3.05) is 14.2 Å². The molecule has 1 atom stereocenters. The topological polar surface area (TPSA) is 46.6 Å². The number of amides is 1. The molecule has 0 aliphatic carbocycles. The number of hydroxylamine groups is 2. The monoisotopic (exact) mass is 187 g/mol. The number of hydrogen-bond donors (Lipinski definition) is 0. The number of nitrogens with zero attached hydrogens (tertiary/aromatic N) is 1. The van der Waals surface area contributed by atoms with Crippen LogP contribution in [-0.2, 0) is 14.4 Å². The highest BCUT2D eigenvalue weighted by Crippen LogP contribution is 2.10. The Morgan fingerprint density at radius 3 is 2.69 bits per heavy atom. The highest BCUT2D eigenvalue weighted by Gasteiger charge is 2.12. The summed E-state index contributed by atoms with van der Waals surface area (Å²) in [6, 6.07) is 0. The molecule has 0 aromatic heterocycles. The van der Waals surface area contributed by atoms with Crippen molar-refractivity contribution in [3.63, 3.8) is 0 Å². The molecular formula is C9H17NO3. The molecule has 4 nitrogen and oxygen atoms in total. The highest BCUT2D eigenvalue weighted by atomic mass is 16.7. The lowest BCUT2D eigenvalue weighted by molar-refractivity contribution is -0.169. The number of hydrogen-bond acceptors (Lipinski definition) is 3. The number of aldehydes is 1. The Bertz CT molecular complexity index is 170. The number of carbonyl (C=O) groups excluding carboxylic acids is 2. The largest absolute Gasteiger partial charge is 0.303 e. The summed E-state index contributed by atoms with van der Waals surface area (Å²) < 4.78 is 0. The van der Waals surface area contributed by atoms with Crippen LogP contribution in [0.3, 0.4) is 0 Å². The Hall–Kier alpha value is -0.900. The number of carbonyl (C=O) groups is 2. The second-order valence-corrected chi connectivity index (χ2v) is 3.13. The quantitative estimate of drug-likeness (QED) is 0.460. The van der Waals surface area contributed by atoms with E-state index >= 15 is 0 Å². The Labute approximate surface area is 78.8 Å². The molecule has 0 aromatic carbocycles. The predicted molar refractivity (Wildman–Crippen MR) is 48.9 cm³/mol. The molecule has 76 valence electrons. The van der Waals surface area contributed by atoms with Gasteiger partial charge in [-0.05, 0) is 12.3 Å². The van der Waals surface area contributed by atoms with E-state index in [0.29, 0.717) is 12.8 Å². The lowest BCUT2D eigenvalue weighted by Crippen LogP contribution is -2.26. The standard InChI is InChI=1S/C9H17NO3/c1-8(5-4-6-11)7-9(12)10(2)13-3/h6,8H,4-5,7H2,1-3H3/t8-/m0/s1. The lowest BCUT2D eigenvalue weighted by Gasteiger charge is -2.16. The van der Waals surface area contributed by atoms with Gasteiger partial charge >= 0.3 is 0 Å². The number of rotatable bonds is 6. The third-order valence-corrected chi connectivity index (χ3v) is 1.93. The molecule has 0 aliphatic rings. The van der Waals surface area contributed by atoms with Gasteiger partial charge in [-0.3, -0.25) is 9.63 Å². The average Bonchev–Trinajstić information content (AvgIpc) is 2.13. The van der Waals surface area contributed by atoms with Crippen LogP contribution < -0.4 is 0 Å². The van der Waals surface area contributed by atoms with Crippen LogP contribution >= 0.6 is 0 Å². The summed E-state index contributed by atoms with van der Waals surface area (Å²) in [6.07, 6.45) is 2.58. The molecule has 0 fully saturated rings. The summed E-state index contributed by atoms with van der Waals surface area (Å²) in [5.41, 5.74) is 0. The minimum absolute atomic E-state index is 0.0547. The van der Waals surface area contributed by atoms with Gasteiger partial charge in [0.15, 0.2) is 0 Å². The van der Waals surface area contributed by atoms with Crippen molar-refractivity contribution < 1.29 is 14.4 Å². The van der Waals surface area contributed by atoms with E-state index in [2.05, 4.69) is 0 Å². The normalized spacial score (nSPS) is 12.2. The molecule has 0 aliphatic heterocycles. The molecule has 0 heterocycles. The SMILES string of the molecule is CON(C)C(=O)C[C@@H](C)CCC=O. The van der Waals surface area contributed by atoms with Crippen LogP contribution in [-0.4, -0.2) is 31.4 Å². The van der Waals surface area contributed by atoms with Crippen LogP contribution in [0.15, 0.2) is 0 Å². The van der Waals surface area contributed by atoms with Crippen LogP contribution in [0.4, 0.5) is 0 Å². The Kier molecular flexibility index (Phi) is 6.14. The van der Waals surface area contributed by atoms with E-state index in [0.717, 1.165) is 12.7 Å². The van der Waals surface area contributed by atoms with Crippen molar-refractivity contribution >= 4 is 12.2 Å². The summed E-state index contributed by atoms with van der Waals surface area (Å²) >= 11 is 0. The van der Waals surface area contributed by atoms with Gasteiger partial charge in [-0.1, -0.05) is 6.92 Å². The minimum atomic E-state index is -0.0547. The van der Waals surface area contributed by atoms with Gasteiger partial charge < -0.3 is 4.79 Å². The van der Waals surface area contributed by atoms with Crippen molar-refractivity contribution in [2.45, 2.75) is 26.2 Å². The van der Waals surface area contributed by atoms with Gasteiger partial charge in [0, 0.05) is 19.9 Å². The van der Waals surface area contributed by atoms with E-state index < -0.39 is 0 Å². The average molecular weight is 187 g/mol. The molecule has 0 radical (unpaired) electrons. The van der Waals surface area contributed by atoms with Gasteiger partial charge in [0.2, 0.25) is 5.91 Å². The fourth-order valence-electron chi connectivity index (χ4n) is 0.983. The van der Waals surface area contributed by atoms with Gasteiger partial charge in [-0.25, -0.2) is 5.06 Å². The summed E-state index contributed by atoms with van der Waals surface area (Å²) in [5.74, 6) is 0.177. The van der Waals surface area contributed by atoms with Gasteiger partial charge in [0.05, 0.1) is 7.11 Å². The Morgan fingerprint density at radius 1 is 1.62 bits per heavy atom. The molecular weight excluding hydrogens is 170 g/mol. The van der Waals surface area contributed by atoms with Crippen molar-refractivity contribution in [2.24, 2.45) is 5.92 Å². The summed E-state index contributed by atoms with van der Waals surface area (Å²) in [5, 5.41) is 1.21. The molecule has 4 heteroatoms. The van der Waals surface area contributed by atoms with Crippen molar-refractivity contribution in [1.29, 1.82) is 0 Å². The first-order valence-electron chi connectivity index (χ1n) is 4.36. The molecule has 0 saturated carbocycles. The molecule has 1 amide bonds. The predicted octanol–water partition coefficient (Wildman–Crippen LogP) is 1.01. The van der Waals surface area contributed by atoms with Gasteiger partial charge in [-0.15, -0.1) is 0 Å². The zero-order valence-corrected chi connectivity index (χ0v) is 8.45. The van der Waals surface area contributed by atoms with Crippen LogP contribution in [0.5, 0.6) is 0 Å². The van der Waals surface area contributed by atoms with E-state index in [-0.39, 0.29) is 11.8 Å². The fourth-order valence-corrected chi connectivity index (χ4v) is 0.983. The van der Waals surface area contributed by atoms with Crippen LogP contribution in [0, 0.1) is 5.92 Å². The first-order valence-corrected chi connectivity index (χ1v) is 4.36. The molecule has 0 spiro atoms. The van der Waals surface area contributed by atoms with Gasteiger partial charge in [-0.2, -0.15) is 0 Å². The summed E-state index contributed by atoms with van der Waals surface area (Å²) in [7, 11) is 3.03.